The number of unbranched alkanes of at least 4 members (excludes halogenated alkanes) is 5. The van der Waals surface area contributed by atoms with Crippen LogP contribution in [0.3, 0.4) is 0 Å². The first-order valence-corrected chi connectivity index (χ1v) is 16.4. The molecular weight excluding hydrogens is 460 g/mol. The lowest BCUT2D eigenvalue weighted by atomic mass is 9.79. The van der Waals surface area contributed by atoms with Crippen molar-refractivity contribution in [2.75, 3.05) is 11.5 Å². The highest BCUT2D eigenvalue weighted by Crippen LogP contribution is 2.39. The summed E-state index contributed by atoms with van der Waals surface area (Å²) in [6, 6.07) is 0. The van der Waals surface area contributed by atoms with Crippen LogP contribution in [0, 0.1) is 11.8 Å². The van der Waals surface area contributed by atoms with Gasteiger partial charge in [0.2, 0.25) is 0 Å². The van der Waals surface area contributed by atoms with Gasteiger partial charge in [-0.1, -0.05) is 66.7 Å². The van der Waals surface area contributed by atoms with E-state index in [0.29, 0.717) is 11.8 Å². The van der Waals surface area contributed by atoms with Crippen molar-refractivity contribution in [1.82, 2.24) is 0 Å². The van der Waals surface area contributed by atoms with E-state index in [2.05, 4.69) is 85.8 Å². The maximum atomic E-state index is 6.71. The average Bonchev–Trinajstić information content (AvgIpc) is 2.73. The molecule has 0 aromatic rings. The minimum atomic E-state index is -0.0977. The molecule has 0 aliphatic carbocycles. The molecule has 3 unspecified atom stereocenters. The summed E-state index contributed by atoms with van der Waals surface area (Å²) in [6.07, 6.45) is 11.9. The number of hydrogen-bond donors (Lipinski definition) is 0. The van der Waals surface area contributed by atoms with Gasteiger partial charge in [0.05, 0.1) is 24.4 Å². The topological polar surface area (TPSA) is 27.7 Å². The fourth-order valence-electron chi connectivity index (χ4n) is 4.84. The van der Waals surface area contributed by atoms with Gasteiger partial charge in [0.1, 0.15) is 0 Å². The van der Waals surface area contributed by atoms with Gasteiger partial charge in [0, 0.05) is 5.92 Å². The molecule has 0 aromatic heterocycles. The third-order valence-electron chi connectivity index (χ3n) is 6.52. The Labute approximate surface area is 222 Å². The molecule has 34 heavy (non-hydrogen) atoms. The van der Waals surface area contributed by atoms with Crippen molar-refractivity contribution in [1.29, 1.82) is 0 Å². The van der Waals surface area contributed by atoms with Crippen molar-refractivity contribution in [3.8, 4) is 0 Å². The SMILES string of the molecule is CC(C)O[C@H]1OC(CCCCCCSC(C)C)[C@@H](OC(C)C)C(C)C1CCCCCSC(C)C. The van der Waals surface area contributed by atoms with Crippen molar-refractivity contribution >= 4 is 23.5 Å². The van der Waals surface area contributed by atoms with E-state index in [9.17, 15) is 0 Å². The predicted octanol–water partition coefficient (Wildman–Crippen LogP) is 8.98. The molecule has 0 spiro atoms. The van der Waals surface area contributed by atoms with Crippen LogP contribution in [0.2, 0.25) is 0 Å². The molecule has 1 fully saturated rings. The summed E-state index contributed by atoms with van der Waals surface area (Å²) in [6.45, 7) is 20.1. The largest absolute Gasteiger partial charge is 0.373 e. The van der Waals surface area contributed by atoms with E-state index in [1.807, 2.05) is 0 Å². The molecule has 1 heterocycles. The normalized spacial score (nSPS) is 25.9. The minimum Gasteiger partial charge on any atom is -0.373 e. The van der Waals surface area contributed by atoms with Crippen LogP contribution >= 0.6 is 23.5 Å². The Kier molecular flexibility index (Phi) is 18.0. The van der Waals surface area contributed by atoms with Crippen LogP contribution in [0.4, 0.5) is 0 Å². The first-order valence-electron chi connectivity index (χ1n) is 14.3. The number of thioether (sulfide) groups is 2. The van der Waals surface area contributed by atoms with Crippen LogP contribution in [0.5, 0.6) is 0 Å². The predicted molar refractivity (Wildman–Crippen MR) is 154 cm³/mol. The molecule has 0 saturated carbocycles. The lowest BCUT2D eigenvalue weighted by Crippen LogP contribution is -2.53. The van der Waals surface area contributed by atoms with Crippen molar-refractivity contribution in [2.24, 2.45) is 11.8 Å². The first kappa shape index (κ1) is 32.6. The summed E-state index contributed by atoms with van der Waals surface area (Å²) in [4.78, 5) is 0. The highest BCUT2D eigenvalue weighted by molar-refractivity contribution is 8.00. The minimum absolute atomic E-state index is 0.0977. The van der Waals surface area contributed by atoms with Gasteiger partial charge >= 0.3 is 0 Å². The van der Waals surface area contributed by atoms with Gasteiger partial charge in [-0.25, -0.2) is 0 Å². The third kappa shape index (κ3) is 14.4. The van der Waals surface area contributed by atoms with Crippen molar-refractivity contribution in [3.63, 3.8) is 0 Å². The van der Waals surface area contributed by atoms with Crippen LogP contribution < -0.4 is 0 Å². The molecule has 5 heteroatoms. The average molecular weight is 519 g/mol. The van der Waals surface area contributed by atoms with Crippen molar-refractivity contribution < 1.29 is 14.2 Å². The van der Waals surface area contributed by atoms with Gasteiger partial charge in [-0.2, -0.15) is 23.5 Å². The van der Waals surface area contributed by atoms with Crippen LogP contribution in [-0.2, 0) is 14.2 Å². The molecule has 0 aromatic carbocycles. The third-order valence-corrected chi connectivity index (χ3v) is 8.90. The maximum absolute atomic E-state index is 6.71. The van der Waals surface area contributed by atoms with Crippen molar-refractivity contribution in [2.45, 2.75) is 161 Å². The van der Waals surface area contributed by atoms with Crippen LogP contribution in [0.25, 0.3) is 0 Å². The fourth-order valence-corrected chi connectivity index (χ4v) is 6.52. The Morgan fingerprint density at radius 3 is 1.68 bits per heavy atom. The Morgan fingerprint density at radius 1 is 0.647 bits per heavy atom. The van der Waals surface area contributed by atoms with E-state index in [-0.39, 0.29) is 30.7 Å². The number of rotatable bonds is 19. The Hall–Kier alpha value is 0.580. The number of ether oxygens (including phenoxy) is 3. The second-order valence-corrected chi connectivity index (χ2v) is 14.7. The first-order chi connectivity index (χ1) is 16.1. The fraction of sp³-hybridized carbons (Fsp3) is 1.00. The molecule has 5 atom stereocenters. The molecule has 1 aliphatic heterocycles. The highest BCUT2D eigenvalue weighted by Gasteiger charge is 2.44. The monoisotopic (exact) mass is 518 g/mol. The summed E-state index contributed by atoms with van der Waals surface area (Å²) < 4.78 is 19.6. The lowest BCUT2D eigenvalue weighted by Gasteiger charge is -2.47. The molecule has 3 nitrogen and oxygen atoms in total. The van der Waals surface area contributed by atoms with Crippen molar-refractivity contribution in [3.05, 3.63) is 0 Å². The summed E-state index contributed by atoms with van der Waals surface area (Å²) in [5.74, 6) is 3.43. The lowest BCUT2D eigenvalue weighted by molar-refractivity contribution is -0.289. The van der Waals surface area contributed by atoms with Crippen LogP contribution in [-0.4, -0.2) is 52.7 Å². The molecule has 1 saturated heterocycles. The molecule has 0 radical (unpaired) electrons. The maximum Gasteiger partial charge on any atom is 0.161 e. The molecule has 204 valence electrons. The molecule has 1 rings (SSSR count). The Bertz CT molecular complexity index is 482. The Balaban J connectivity index is 2.64. The van der Waals surface area contributed by atoms with E-state index in [1.54, 1.807) is 0 Å². The molecule has 0 amide bonds. The zero-order chi connectivity index (χ0) is 25.5. The standard InChI is InChI=1S/C29H58O3S2/c1-21(2)30-28-25(9)26(17-13-12-16-20-34-24(7)8)29(31-22(3)4)32-27(28)18-14-10-11-15-19-33-23(5)6/h21-29H,10-20H2,1-9H3/t25?,26?,27?,28-,29-/m0/s1. The number of hydrogen-bond acceptors (Lipinski definition) is 5. The summed E-state index contributed by atoms with van der Waals surface area (Å²) in [5, 5.41) is 1.48. The van der Waals surface area contributed by atoms with Gasteiger partial charge < -0.3 is 14.2 Å². The van der Waals surface area contributed by atoms with Gasteiger partial charge in [-0.15, -0.1) is 0 Å². The second-order valence-electron chi connectivity index (χ2n) is 11.3. The molecular formula is C29H58O3S2. The van der Waals surface area contributed by atoms with Gasteiger partial charge in [-0.3, -0.25) is 0 Å². The molecule has 0 bridgehead atoms. The molecule has 1 aliphatic rings. The van der Waals surface area contributed by atoms with Crippen LogP contribution in [0.15, 0.2) is 0 Å². The van der Waals surface area contributed by atoms with E-state index < -0.39 is 0 Å². The summed E-state index contributed by atoms with van der Waals surface area (Å²) in [7, 11) is 0. The van der Waals surface area contributed by atoms with Gasteiger partial charge in [-0.05, 0) is 81.3 Å². The van der Waals surface area contributed by atoms with Crippen LogP contribution in [0.1, 0.15) is 120 Å². The quantitative estimate of drug-likeness (QED) is 0.159. The Morgan fingerprint density at radius 2 is 1.15 bits per heavy atom. The molecule has 0 N–H and O–H groups in total. The second kappa shape index (κ2) is 18.8. The summed E-state index contributed by atoms with van der Waals surface area (Å²) >= 11 is 4.16. The van der Waals surface area contributed by atoms with E-state index >= 15 is 0 Å². The highest BCUT2D eigenvalue weighted by atomic mass is 32.2. The van der Waals surface area contributed by atoms with Gasteiger partial charge in [0.25, 0.3) is 0 Å². The zero-order valence-electron chi connectivity index (χ0n) is 24.0. The van der Waals surface area contributed by atoms with E-state index in [4.69, 9.17) is 14.2 Å². The van der Waals surface area contributed by atoms with Gasteiger partial charge in [0.15, 0.2) is 6.29 Å². The zero-order valence-corrected chi connectivity index (χ0v) is 25.6. The van der Waals surface area contributed by atoms with E-state index in [1.165, 1.54) is 62.9 Å². The van der Waals surface area contributed by atoms with E-state index in [0.717, 1.165) is 16.9 Å². The smallest absolute Gasteiger partial charge is 0.161 e. The summed E-state index contributed by atoms with van der Waals surface area (Å²) in [5.41, 5.74) is 0.